The van der Waals surface area contributed by atoms with E-state index in [1.807, 2.05) is 0 Å². The van der Waals surface area contributed by atoms with Gasteiger partial charge in [-0.15, -0.1) is 10.2 Å². The molecule has 1 aromatic carbocycles. The predicted molar refractivity (Wildman–Crippen MR) is 126 cm³/mol. The number of fused-ring (bicyclic) bond motifs is 1. The molecule has 2 amide bonds. The van der Waals surface area contributed by atoms with Gasteiger partial charge >= 0.3 is 6.09 Å². The maximum atomic E-state index is 15.7. The van der Waals surface area contributed by atoms with Crippen molar-refractivity contribution in [3.8, 4) is 11.1 Å². The molecule has 2 aromatic heterocycles. The van der Waals surface area contributed by atoms with Gasteiger partial charge in [-0.05, 0) is 77.6 Å². The van der Waals surface area contributed by atoms with E-state index in [1.165, 1.54) is 13.0 Å². The lowest BCUT2D eigenvalue weighted by Gasteiger charge is -2.27. The topological polar surface area (TPSA) is 97.6 Å². The first kappa shape index (κ1) is 25.5. The average molecular weight is 504 g/mol. The molecule has 0 aliphatic heterocycles. The Hall–Kier alpha value is -3.63. The summed E-state index contributed by atoms with van der Waals surface area (Å²) < 4.78 is 52.1. The zero-order chi connectivity index (χ0) is 26.6. The van der Waals surface area contributed by atoms with Crippen LogP contribution >= 0.6 is 0 Å². The normalized spacial score (nSPS) is 14.1. The smallest absolute Gasteiger partial charge is 0.408 e. The van der Waals surface area contributed by atoms with Gasteiger partial charge in [-0.1, -0.05) is 0 Å². The van der Waals surface area contributed by atoms with Gasteiger partial charge in [-0.2, -0.15) is 0 Å². The lowest BCUT2D eigenvalue weighted by Crippen LogP contribution is -2.45. The van der Waals surface area contributed by atoms with Gasteiger partial charge in [-0.3, -0.25) is 9.20 Å². The number of benzene rings is 1. The molecular formula is C25H28F3N5O3. The number of halogens is 3. The molecule has 8 nitrogen and oxygen atoms in total. The molecular weight excluding hydrogens is 475 g/mol. The zero-order valence-electron chi connectivity index (χ0n) is 20.9. The number of aromatic nitrogens is 3. The summed E-state index contributed by atoms with van der Waals surface area (Å²) in [5.74, 6) is -3.33. The third-order valence-corrected chi connectivity index (χ3v) is 5.75. The lowest BCUT2D eigenvalue weighted by atomic mass is 9.96. The van der Waals surface area contributed by atoms with Crippen molar-refractivity contribution >= 4 is 17.6 Å². The van der Waals surface area contributed by atoms with Gasteiger partial charge in [0.15, 0.2) is 23.1 Å². The molecule has 0 saturated heterocycles. The highest BCUT2D eigenvalue weighted by Gasteiger charge is 2.33. The summed E-state index contributed by atoms with van der Waals surface area (Å²) >= 11 is 0. The second kappa shape index (κ2) is 8.79. The second-order valence-electron chi connectivity index (χ2n) is 10.5. The molecule has 0 radical (unpaired) electrons. The summed E-state index contributed by atoms with van der Waals surface area (Å²) in [5.41, 5.74) is -2.99. The molecule has 3 aromatic rings. The molecule has 1 aliphatic rings. The monoisotopic (exact) mass is 503 g/mol. The molecule has 36 heavy (non-hydrogen) atoms. The largest absolute Gasteiger partial charge is 0.444 e. The molecule has 2 heterocycles. The fourth-order valence-corrected chi connectivity index (χ4v) is 3.81. The summed E-state index contributed by atoms with van der Waals surface area (Å²) in [6.07, 6.45) is 1.90. The van der Waals surface area contributed by atoms with Crippen LogP contribution in [0.4, 0.5) is 18.0 Å². The second-order valence-corrected chi connectivity index (χ2v) is 10.5. The first-order chi connectivity index (χ1) is 16.7. The summed E-state index contributed by atoms with van der Waals surface area (Å²) in [6.45, 7) is 9.64. The number of carbonyl (C=O) groups is 2. The van der Waals surface area contributed by atoms with Crippen molar-refractivity contribution in [2.75, 3.05) is 0 Å². The van der Waals surface area contributed by atoms with Crippen molar-refractivity contribution in [1.29, 1.82) is 0 Å². The Kier molecular flexibility index (Phi) is 6.22. The standard InChI is InChI=1S/C25H28F3N5O3/c1-12-15(9-13(10-16(12)26)21(34)29-14-7-8-14)18-17(27)11-33-20(19(18)28)31-32-22(33)25(5,6)30-23(35)36-24(2,3)4/h9-11,14H,7-8H2,1-6H3,(H,29,34)(H,30,35). The minimum Gasteiger partial charge on any atom is -0.444 e. The number of ether oxygens (including phenoxy) is 1. The SMILES string of the molecule is Cc1c(F)cc(C(=O)NC2CC2)cc1-c1c(F)cn2c(C(C)(C)NC(=O)OC(C)(C)C)nnc2c1F. The molecule has 1 saturated carbocycles. The Morgan fingerprint density at radius 1 is 1.06 bits per heavy atom. The fourth-order valence-electron chi connectivity index (χ4n) is 3.81. The van der Waals surface area contributed by atoms with Crippen LogP contribution in [0.5, 0.6) is 0 Å². The van der Waals surface area contributed by atoms with E-state index in [0.717, 1.165) is 29.5 Å². The summed E-state index contributed by atoms with van der Waals surface area (Å²) in [4.78, 5) is 24.8. The number of hydrogen-bond acceptors (Lipinski definition) is 5. The number of hydrogen-bond donors (Lipinski definition) is 2. The molecule has 2 N–H and O–H groups in total. The molecule has 1 aliphatic carbocycles. The summed E-state index contributed by atoms with van der Waals surface area (Å²) in [7, 11) is 0. The highest BCUT2D eigenvalue weighted by atomic mass is 19.1. The number of amides is 2. The van der Waals surface area contributed by atoms with Crippen LogP contribution in [0.1, 0.15) is 69.2 Å². The zero-order valence-corrected chi connectivity index (χ0v) is 20.9. The van der Waals surface area contributed by atoms with Crippen LogP contribution in [0.3, 0.4) is 0 Å². The van der Waals surface area contributed by atoms with E-state index in [-0.39, 0.29) is 34.2 Å². The van der Waals surface area contributed by atoms with Crippen LogP contribution in [-0.2, 0) is 10.3 Å². The Labute approximate surface area is 206 Å². The first-order valence-electron chi connectivity index (χ1n) is 11.5. The molecule has 0 unspecified atom stereocenters. The van der Waals surface area contributed by atoms with Gasteiger partial charge in [0.25, 0.3) is 5.91 Å². The number of pyridine rings is 1. The van der Waals surface area contributed by atoms with Crippen LogP contribution in [0.15, 0.2) is 18.3 Å². The van der Waals surface area contributed by atoms with Crippen molar-refractivity contribution in [3.63, 3.8) is 0 Å². The Morgan fingerprint density at radius 3 is 2.33 bits per heavy atom. The minimum atomic E-state index is -1.22. The first-order valence-corrected chi connectivity index (χ1v) is 11.5. The quantitative estimate of drug-likeness (QED) is 0.523. The third kappa shape index (κ3) is 5.00. The highest BCUT2D eigenvalue weighted by Crippen LogP contribution is 2.34. The number of carbonyl (C=O) groups excluding carboxylic acids is 2. The predicted octanol–water partition coefficient (Wildman–Crippen LogP) is 4.77. The van der Waals surface area contributed by atoms with Crippen LogP contribution in [0.25, 0.3) is 16.8 Å². The van der Waals surface area contributed by atoms with E-state index in [4.69, 9.17) is 4.74 Å². The molecule has 0 spiro atoms. The number of nitrogens with zero attached hydrogens (tertiary/aromatic N) is 3. The van der Waals surface area contributed by atoms with Gasteiger partial charge in [0, 0.05) is 17.8 Å². The highest BCUT2D eigenvalue weighted by molar-refractivity contribution is 5.96. The third-order valence-electron chi connectivity index (χ3n) is 5.75. The van der Waals surface area contributed by atoms with Crippen molar-refractivity contribution in [2.45, 2.75) is 71.6 Å². The van der Waals surface area contributed by atoms with Gasteiger partial charge in [0.05, 0.1) is 11.1 Å². The van der Waals surface area contributed by atoms with E-state index >= 15 is 8.78 Å². The molecule has 0 bridgehead atoms. The van der Waals surface area contributed by atoms with Crippen LogP contribution < -0.4 is 10.6 Å². The van der Waals surface area contributed by atoms with E-state index in [1.54, 1.807) is 34.6 Å². The van der Waals surface area contributed by atoms with Crippen molar-refractivity contribution in [3.05, 3.63) is 52.7 Å². The van der Waals surface area contributed by atoms with E-state index in [0.29, 0.717) is 0 Å². The number of nitrogens with one attached hydrogen (secondary N) is 2. The average Bonchev–Trinajstić information content (AvgIpc) is 3.43. The molecule has 0 atom stereocenters. The fraction of sp³-hybridized carbons (Fsp3) is 0.440. The lowest BCUT2D eigenvalue weighted by molar-refractivity contribution is 0.0465. The van der Waals surface area contributed by atoms with Gasteiger partial charge in [0.2, 0.25) is 0 Å². The summed E-state index contributed by atoms with van der Waals surface area (Å²) in [6, 6.07) is 2.34. The number of rotatable bonds is 5. The van der Waals surface area contributed by atoms with Crippen LogP contribution in [0, 0.1) is 24.4 Å². The molecule has 11 heteroatoms. The van der Waals surface area contributed by atoms with Crippen LogP contribution in [-0.4, -0.2) is 38.2 Å². The maximum absolute atomic E-state index is 15.7. The van der Waals surface area contributed by atoms with Crippen molar-refractivity contribution < 1.29 is 27.5 Å². The van der Waals surface area contributed by atoms with Crippen LogP contribution in [0.2, 0.25) is 0 Å². The van der Waals surface area contributed by atoms with E-state index < -0.39 is 46.2 Å². The Bertz CT molecular complexity index is 1370. The Morgan fingerprint density at radius 2 is 1.72 bits per heavy atom. The maximum Gasteiger partial charge on any atom is 0.408 e. The molecule has 1 fully saturated rings. The van der Waals surface area contributed by atoms with Gasteiger partial charge in [-0.25, -0.2) is 18.0 Å². The van der Waals surface area contributed by atoms with E-state index in [9.17, 15) is 14.0 Å². The minimum absolute atomic E-state index is 0.0215. The van der Waals surface area contributed by atoms with Gasteiger partial charge in [0.1, 0.15) is 11.4 Å². The van der Waals surface area contributed by atoms with E-state index in [2.05, 4.69) is 20.8 Å². The Balaban J connectivity index is 1.76. The van der Waals surface area contributed by atoms with Crippen molar-refractivity contribution in [2.24, 2.45) is 0 Å². The molecule has 4 rings (SSSR count). The van der Waals surface area contributed by atoms with Crippen molar-refractivity contribution in [1.82, 2.24) is 25.2 Å². The number of alkyl carbamates (subject to hydrolysis) is 1. The molecule has 192 valence electrons. The summed E-state index contributed by atoms with van der Waals surface area (Å²) in [5, 5.41) is 13.2. The van der Waals surface area contributed by atoms with Gasteiger partial charge < -0.3 is 15.4 Å².